The topological polar surface area (TPSA) is 86.2 Å². The molecular weight excluding hydrogens is 416 g/mol. The molecule has 3 N–H and O–H groups in total. The summed E-state index contributed by atoms with van der Waals surface area (Å²) in [7, 11) is 0. The number of phenols is 1. The standard InChI is InChI=1S/C16H10BrClN2O3S/c17-10-7-9(18)5-8(14(10)21)6-13(15(22)23)24-16-19-11-3-1-2-4-12(11)20-16/h1-7,21H,(H,19,20)(H,22,23)/b13-6-. The Morgan fingerprint density at radius 3 is 2.79 bits per heavy atom. The second-order valence-electron chi connectivity index (χ2n) is 4.80. The summed E-state index contributed by atoms with van der Waals surface area (Å²) < 4.78 is 0.389. The Morgan fingerprint density at radius 2 is 2.08 bits per heavy atom. The van der Waals surface area contributed by atoms with Crippen LogP contribution in [0.2, 0.25) is 5.02 Å². The summed E-state index contributed by atoms with van der Waals surface area (Å²) in [6, 6.07) is 10.4. The summed E-state index contributed by atoms with van der Waals surface area (Å²) in [5.41, 5.74) is 1.87. The number of carbonyl (C=O) groups is 1. The number of fused-ring (bicyclic) bond motifs is 1. The molecule has 0 radical (unpaired) electrons. The molecule has 0 aliphatic carbocycles. The zero-order valence-corrected chi connectivity index (χ0v) is 15.1. The molecule has 5 nitrogen and oxygen atoms in total. The largest absolute Gasteiger partial charge is 0.506 e. The van der Waals surface area contributed by atoms with Gasteiger partial charge in [-0.3, -0.25) is 0 Å². The molecule has 0 aliphatic heterocycles. The average Bonchev–Trinajstić information content (AvgIpc) is 2.93. The van der Waals surface area contributed by atoms with E-state index in [0.29, 0.717) is 20.2 Å². The number of nitrogens with one attached hydrogen (secondary N) is 1. The third-order valence-corrected chi connectivity index (χ3v) is 4.85. The van der Waals surface area contributed by atoms with E-state index < -0.39 is 5.97 Å². The van der Waals surface area contributed by atoms with Gasteiger partial charge in [0.15, 0.2) is 5.16 Å². The summed E-state index contributed by atoms with van der Waals surface area (Å²) in [6.45, 7) is 0. The van der Waals surface area contributed by atoms with Gasteiger partial charge in [-0.05, 0) is 58.0 Å². The van der Waals surface area contributed by atoms with Gasteiger partial charge in [-0.2, -0.15) is 0 Å². The van der Waals surface area contributed by atoms with Gasteiger partial charge in [0.25, 0.3) is 0 Å². The number of aromatic hydroxyl groups is 1. The van der Waals surface area contributed by atoms with Crippen LogP contribution in [0.4, 0.5) is 0 Å². The molecule has 0 spiro atoms. The normalized spacial score (nSPS) is 11.8. The van der Waals surface area contributed by atoms with Gasteiger partial charge in [0.1, 0.15) is 10.7 Å². The van der Waals surface area contributed by atoms with Crippen molar-refractivity contribution in [2.45, 2.75) is 5.16 Å². The molecule has 122 valence electrons. The van der Waals surface area contributed by atoms with Crippen molar-refractivity contribution >= 4 is 62.4 Å². The summed E-state index contributed by atoms with van der Waals surface area (Å²) in [6.07, 6.45) is 1.35. The number of carboxylic acids is 1. The van der Waals surface area contributed by atoms with E-state index in [1.54, 1.807) is 0 Å². The Hall–Kier alpha value is -1.96. The highest BCUT2D eigenvalue weighted by Gasteiger charge is 2.15. The van der Waals surface area contributed by atoms with Crippen LogP contribution < -0.4 is 0 Å². The van der Waals surface area contributed by atoms with Crippen LogP contribution in [-0.2, 0) is 4.79 Å². The number of phenolic OH excluding ortho intramolecular Hbond substituents is 1. The van der Waals surface area contributed by atoms with E-state index in [2.05, 4.69) is 25.9 Å². The third kappa shape index (κ3) is 3.58. The smallest absolute Gasteiger partial charge is 0.342 e. The number of hydrogen-bond acceptors (Lipinski definition) is 4. The zero-order chi connectivity index (χ0) is 17.3. The molecule has 0 aliphatic rings. The molecule has 0 amide bonds. The van der Waals surface area contributed by atoms with Crippen LogP contribution in [0.15, 0.2) is 50.9 Å². The van der Waals surface area contributed by atoms with Gasteiger partial charge in [-0.15, -0.1) is 0 Å². The van der Waals surface area contributed by atoms with E-state index in [-0.39, 0.29) is 10.7 Å². The highest BCUT2D eigenvalue weighted by Crippen LogP contribution is 2.35. The summed E-state index contributed by atoms with van der Waals surface area (Å²) in [5, 5.41) is 20.3. The first kappa shape index (κ1) is 16.9. The number of nitrogens with zero attached hydrogens (tertiary/aromatic N) is 1. The third-order valence-electron chi connectivity index (χ3n) is 3.13. The fourth-order valence-corrected chi connectivity index (χ4v) is 3.67. The quantitative estimate of drug-likeness (QED) is 0.409. The lowest BCUT2D eigenvalue weighted by atomic mass is 10.2. The van der Waals surface area contributed by atoms with Crippen LogP contribution in [0, 0.1) is 0 Å². The number of thioether (sulfide) groups is 1. The number of aliphatic carboxylic acids is 1. The first-order chi connectivity index (χ1) is 11.4. The van der Waals surface area contributed by atoms with Gasteiger partial charge < -0.3 is 15.2 Å². The maximum absolute atomic E-state index is 11.5. The van der Waals surface area contributed by atoms with Crippen LogP contribution in [0.3, 0.4) is 0 Å². The Balaban J connectivity index is 1.99. The van der Waals surface area contributed by atoms with Crippen molar-refractivity contribution in [3.8, 4) is 5.75 Å². The van der Waals surface area contributed by atoms with Gasteiger partial charge in [-0.25, -0.2) is 9.78 Å². The van der Waals surface area contributed by atoms with Crippen LogP contribution in [0.5, 0.6) is 5.75 Å². The molecule has 0 atom stereocenters. The molecule has 0 saturated carbocycles. The number of benzene rings is 2. The number of H-pyrrole nitrogens is 1. The second-order valence-corrected chi connectivity index (χ2v) is 7.12. The minimum absolute atomic E-state index is 0.00137. The van der Waals surface area contributed by atoms with Crippen LogP contribution in [-0.4, -0.2) is 26.2 Å². The number of aromatic nitrogens is 2. The van der Waals surface area contributed by atoms with Crippen molar-refractivity contribution in [1.82, 2.24) is 9.97 Å². The lowest BCUT2D eigenvalue weighted by Crippen LogP contribution is -1.97. The van der Waals surface area contributed by atoms with E-state index >= 15 is 0 Å². The van der Waals surface area contributed by atoms with E-state index in [4.69, 9.17) is 11.6 Å². The minimum Gasteiger partial charge on any atom is -0.506 e. The average molecular weight is 426 g/mol. The molecule has 3 aromatic rings. The maximum atomic E-state index is 11.5. The van der Waals surface area contributed by atoms with E-state index in [0.717, 1.165) is 22.8 Å². The molecule has 8 heteroatoms. The van der Waals surface area contributed by atoms with E-state index in [9.17, 15) is 15.0 Å². The van der Waals surface area contributed by atoms with Crippen molar-refractivity contribution in [2.75, 3.05) is 0 Å². The number of halogens is 2. The molecule has 0 unspecified atom stereocenters. The van der Waals surface area contributed by atoms with Crippen LogP contribution in [0.1, 0.15) is 5.56 Å². The molecular formula is C16H10BrClN2O3S. The first-order valence-electron chi connectivity index (χ1n) is 6.69. The van der Waals surface area contributed by atoms with Crippen molar-refractivity contribution < 1.29 is 15.0 Å². The maximum Gasteiger partial charge on any atom is 0.342 e. The van der Waals surface area contributed by atoms with Gasteiger partial charge in [-0.1, -0.05) is 23.7 Å². The molecule has 2 aromatic carbocycles. The van der Waals surface area contributed by atoms with Crippen molar-refractivity contribution in [2.24, 2.45) is 0 Å². The van der Waals surface area contributed by atoms with E-state index in [1.165, 1.54) is 18.2 Å². The summed E-state index contributed by atoms with van der Waals surface area (Å²) >= 11 is 10.1. The number of imidazole rings is 1. The molecule has 3 rings (SSSR count). The number of hydrogen-bond donors (Lipinski definition) is 3. The highest BCUT2D eigenvalue weighted by molar-refractivity contribution is 9.10. The van der Waals surface area contributed by atoms with Gasteiger partial charge in [0.2, 0.25) is 0 Å². The molecule has 0 saturated heterocycles. The second kappa shape index (κ2) is 6.88. The number of rotatable bonds is 4. The fraction of sp³-hybridized carbons (Fsp3) is 0. The van der Waals surface area contributed by atoms with Crippen molar-refractivity contribution in [3.63, 3.8) is 0 Å². The lowest BCUT2D eigenvalue weighted by molar-refractivity contribution is -0.131. The Kier molecular flexibility index (Phi) is 4.84. The van der Waals surface area contributed by atoms with Gasteiger partial charge in [0, 0.05) is 10.6 Å². The molecule has 1 heterocycles. The van der Waals surface area contributed by atoms with Gasteiger partial charge >= 0.3 is 5.97 Å². The molecule has 0 fully saturated rings. The SMILES string of the molecule is O=C(O)/C(=C/c1cc(Cl)cc(Br)c1O)Sc1nc2ccccc2[nH]1. The summed E-state index contributed by atoms with van der Waals surface area (Å²) in [4.78, 5) is 18.9. The van der Waals surface area contributed by atoms with E-state index in [1.807, 2.05) is 24.3 Å². The molecule has 24 heavy (non-hydrogen) atoms. The number of carboxylic acid groups (broad SMARTS) is 1. The van der Waals surface area contributed by atoms with Crippen molar-refractivity contribution in [3.05, 3.63) is 56.4 Å². The number of aromatic amines is 1. The lowest BCUT2D eigenvalue weighted by Gasteiger charge is -2.05. The van der Waals surface area contributed by atoms with Gasteiger partial charge in [0.05, 0.1) is 15.5 Å². The van der Waals surface area contributed by atoms with Crippen LogP contribution in [0.25, 0.3) is 17.1 Å². The number of para-hydroxylation sites is 2. The molecule has 0 bridgehead atoms. The molecule has 1 aromatic heterocycles. The summed E-state index contributed by atoms with van der Waals surface area (Å²) in [5.74, 6) is -1.21. The Morgan fingerprint density at radius 1 is 1.33 bits per heavy atom. The monoisotopic (exact) mass is 424 g/mol. The van der Waals surface area contributed by atoms with Crippen LogP contribution >= 0.6 is 39.3 Å². The fourth-order valence-electron chi connectivity index (χ4n) is 2.05. The Labute approximate surface area is 154 Å². The minimum atomic E-state index is -1.13. The predicted octanol–water partition coefficient (Wildman–Crippen LogP) is 4.90. The predicted molar refractivity (Wildman–Crippen MR) is 98.4 cm³/mol. The zero-order valence-electron chi connectivity index (χ0n) is 12.0. The Bertz CT molecular complexity index is 938. The highest BCUT2D eigenvalue weighted by atomic mass is 79.9. The van der Waals surface area contributed by atoms with Crippen molar-refractivity contribution in [1.29, 1.82) is 0 Å². The first-order valence-corrected chi connectivity index (χ1v) is 8.68.